The number of carbonyl (C=O) groups excluding carboxylic acids is 1. The molecule has 0 aromatic carbocycles. The summed E-state index contributed by atoms with van der Waals surface area (Å²) in [6, 6.07) is 0.548. The molecular formula is C15H30N2O. The number of hydrogen-bond donors (Lipinski definition) is 2. The first-order chi connectivity index (χ1) is 8.61. The third-order valence-corrected chi connectivity index (χ3v) is 3.92. The second kappa shape index (κ2) is 8.52. The average Bonchev–Trinajstić information content (AvgIpc) is 2.58. The van der Waals surface area contributed by atoms with E-state index >= 15 is 0 Å². The van der Waals surface area contributed by atoms with Gasteiger partial charge in [0, 0.05) is 12.6 Å². The number of rotatable bonds is 6. The molecule has 1 aliphatic carbocycles. The molecule has 0 aliphatic heterocycles. The maximum Gasteiger partial charge on any atom is 0.233 e. The van der Waals surface area contributed by atoms with Gasteiger partial charge in [-0.15, -0.1) is 0 Å². The zero-order chi connectivity index (χ0) is 13.4. The summed E-state index contributed by atoms with van der Waals surface area (Å²) >= 11 is 0. The van der Waals surface area contributed by atoms with Crippen molar-refractivity contribution in [1.82, 2.24) is 10.6 Å². The summed E-state index contributed by atoms with van der Waals surface area (Å²) in [5.74, 6) is 1.57. The van der Waals surface area contributed by atoms with Gasteiger partial charge in [-0.25, -0.2) is 0 Å². The summed E-state index contributed by atoms with van der Waals surface area (Å²) in [6.07, 6.45) is 7.77. The van der Waals surface area contributed by atoms with Crippen LogP contribution in [0.3, 0.4) is 0 Å². The van der Waals surface area contributed by atoms with Crippen LogP contribution in [-0.4, -0.2) is 25.0 Å². The van der Waals surface area contributed by atoms with Crippen LogP contribution in [0.15, 0.2) is 0 Å². The van der Waals surface area contributed by atoms with E-state index in [-0.39, 0.29) is 5.91 Å². The molecule has 0 heterocycles. The molecular weight excluding hydrogens is 224 g/mol. The van der Waals surface area contributed by atoms with E-state index in [2.05, 4.69) is 31.4 Å². The maximum atomic E-state index is 11.6. The summed E-state index contributed by atoms with van der Waals surface area (Å²) in [7, 11) is 0. The highest BCUT2D eigenvalue weighted by atomic mass is 16.1. The molecule has 0 bridgehead atoms. The highest BCUT2D eigenvalue weighted by Gasteiger charge is 2.17. The lowest BCUT2D eigenvalue weighted by Crippen LogP contribution is -2.40. The van der Waals surface area contributed by atoms with Gasteiger partial charge in [0.15, 0.2) is 0 Å². The number of nitrogens with one attached hydrogen (secondary N) is 2. The Labute approximate surface area is 112 Å². The van der Waals surface area contributed by atoms with Gasteiger partial charge < -0.3 is 10.6 Å². The molecule has 1 fully saturated rings. The molecule has 1 amide bonds. The van der Waals surface area contributed by atoms with Crippen LogP contribution in [0.4, 0.5) is 0 Å². The minimum absolute atomic E-state index is 0.139. The minimum atomic E-state index is 0.139. The van der Waals surface area contributed by atoms with E-state index in [4.69, 9.17) is 0 Å². The predicted octanol–water partition coefficient (Wildman–Crippen LogP) is 2.71. The van der Waals surface area contributed by atoms with Crippen molar-refractivity contribution >= 4 is 5.91 Å². The molecule has 0 aromatic heterocycles. The van der Waals surface area contributed by atoms with Gasteiger partial charge in [0.05, 0.1) is 6.54 Å². The van der Waals surface area contributed by atoms with E-state index in [0.717, 1.165) is 12.5 Å². The van der Waals surface area contributed by atoms with Gasteiger partial charge in [-0.1, -0.05) is 40.0 Å². The van der Waals surface area contributed by atoms with E-state index in [1.807, 2.05) is 0 Å². The van der Waals surface area contributed by atoms with Gasteiger partial charge >= 0.3 is 0 Å². The Morgan fingerprint density at radius 2 is 2.00 bits per heavy atom. The van der Waals surface area contributed by atoms with Crippen molar-refractivity contribution in [3.63, 3.8) is 0 Å². The molecule has 2 N–H and O–H groups in total. The second-order valence-corrected chi connectivity index (χ2v) is 6.06. The number of hydrogen-bond acceptors (Lipinski definition) is 2. The molecule has 0 saturated heterocycles. The first-order valence-corrected chi connectivity index (χ1v) is 7.61. The number of amides is 1. The lowest BCUT2D eigenvalue weighted by molar-refractivity contribution is -0.120. The van der Waals surface area contributed by atoms with Crippen molar-refractivity contribution in [2.45, 2.75) is 65.3 Å². The van der Waals surface area contributed by atoms with Crippen molar-refractivity contribution in [3.05, 3.63) is 0 Å². The topological polar surface area (TPSA) is 41.1 Å². The Morgan fingerprint density at radius 3 is 2.67 bits per heavy atom. The van der Waals surface area contributed by atoms with E-state index in [1.54, 1.807) is 0 Å². The minimum Gasteiger partial charge on any atom is -0.355 e. The fourth-order valence-corrected chi connectivity index (χ4v) is 2.61. The smallest absolute Gasteiger partial charge is 0.233 e. The standard InChI is InChI=1S/C15H30N2O/c1-4-13-6-5-7-14(9-8-13)16-11-15(18)17-10-12(2)3/h12-14,16H,4-11H2,1-3H3,(H,17,18). The van der Waals surface area contributed by atoms with Crippen LogP contribution in [0.25, 0.3) is 0 Å². The zero-order valence-electron chi connectivity index (χ0n) is 12.3. The summed E-state index contributed by atoms with van der Waals surface area (Å²) in [5.41, 5.74) is 0. The van der Waals surface area contributed by atoms with E-state index in [9.17, 15) is 4.79 Å². The maximum absolute atomic E-state index is 11.6. The first-order valence-electron chi connectivity index (χ1n) is 7.61. The lowest BCUT2D eigenvalue weighted by atomic mass is 9.98. The Bertz CT molecular complexity index is 241. The van der Waals surface area contributed by atoms with Crippen LogP contribution in [0.1, 0.15) is 59.3 Å². The molecule has 2 atom stereocenters. The van der Waals surface area contributed by atoms with Crippen molar-refractivity contribution in [1.29, 1.82) is 0 Å². The average molecular weight is 254 g/mol. The summed E-state index contributed by atoms with van der Waals surface area (Å²) in [6.45, 7) is 7.78. The Morgan fingerprint density at radius 1 is 1.22 bits per heavy atom. The monoisotopic (exact) mass is 254 g/mol. The molecule has 1 rings (SSSR count). The van der Waals surface area contributed by atoms with Gasteiger partial charge in [0.2, 0.25) is 5.91 Å². The lowest BCUT2D eigenvalue weighted by Gasteiger charge is -2.16. The Hall–Kier alpha value is -0.570. The molecule has 1 saturated carbocycles. The Balaban J connectivity index is 2.16. The molecule has 3 heteroatoms. The van der Waals surface area contributed by atoms with E-state index < -0.39 is 0 Å². The van der Waals surface area contributed by atoms with Crippen molar-refractivity contribution in [2.24, 2.45) is 11.8 Å². The molecule has 0 spiro atoms. The Kier molecular flexibility index (Phi) is 7.33. The highest BCUT2D eigenvalue weighted by Crippen LogP contribution is 2.25. The molecule has 3 nitrogen and oxygen atoms in total. The molecule has 2 unspecified atom stereocenters. The molecule has 1 aliphatic rings. The molecule has 18 heavy (non-hydrogen) atoms. The quantitative estimate of drug-likeness (QED) is 0.716. The fraction of sp³-hybridized carbons (Fsp3) is 0.933. The molecule has 106 valence electrons. The zero-order valence-corrected chi connectivity index (χ0v) is 12.3. The van der Waals surface area contributed by atoms with Crippen LogP contribution >= 0.6 is 0 Å². The normalized spacial score (nSPS) is 24.9. The van der Waals surface area contributed by atoms with Gasteiger partial charge in [-0.3, -0.25) is 4.79 Å². The largest absolute Gasteiger partial charge is 0.355 e. The third-order valence-electron chi connectivity index (χ3n) is 3.92. The van der Waals surface area contributed by atoms with Gasteiger partial charge in [-0.2, -0.15) is 0 Å². The highest BCUT2D eigenvalue weighted by molar-refractivity contribution is 5.77. The SMILES string of the molecule is CCC1CCCC(NCC(=O)NCC(C)C)CC1. The molecule has 0 aromatic rings. The van der Waals surface area contributed by atoms with Crippen LogP contribution in [0, 0.1) is 11.8 Å². The van der Waals surface area contributed by atoms with Crippen LogP contribution in [-0.2, 0) is 4.79 Å². The van der Waals surface area contributed by atoms with Gasteiger partial charge in [0.1, 0.15) is 0 Å². The predicted molar refractivity (Wildman–Crippen MR) is 76.5 cm³/mol. The van der Waals surface area contributed by atoms with Crippen molar-refractivity contribution < 1.29 is 4.79 Å². The first kappa shape index (κ1) is 15.5. The van der Waals surface area contributed by atoms with Crippen LogP contribution in [0.2, 0.25) is 0 Å². The van der Waals surface area contributed by atoms with E-state index in [1.165, 1.54) is 38.5 Å². The van der Waals surface area contributed by atoms with Crippen molar-refractivity contribution in [2.75, 3.05) is 13.1 Å². The fourth-order valence-electron chi connectivity index (χ4n) is 2.61. The van der Waals surface area contributed by atoms with Crippen molar-refractivity contribution in [3.8, 4) is 0 Å². The summed E-state index contributed by atoms with van der Waals surface area (Å²) in [5, 5.41) is 6.37. The summed E-state index contributed by atoms with van der Waals surface area (Å²) in [4.78, 5) is 11.6. The van der Waals surface area contributed by atoms with Crippen LogP contribution in [0.5, 0.6) is 0 Å². The third kappa shape index (κ3) is 6.39. The van der Waals surface area contributed by atoms with Gasteiger partial charge in [-0.05, 0) is 31.1 Å². The number of carbonyl (C=O) groups is 1. The molecule has 0 radical (unpaired) electrons. The summed E-state index contributed by atoms with van der Waals surface area (Å²) < 4.78 is 0. The van der Waals surface area contributed by atoms with E-state index in [0.29, 0.717) is 18.5 Å². The second-order valence-electron chi connectivity index (χ2n) is 6.06. The van der Waals surface area contributed by atoms with Crippen LogP contribution < -0.4 is 10.6 Å². The van der Waals surface area contributed by atoms with Gasteiger partial charge in [0.25, 0.3) is 0 Å².